The molecular formula is C32H31F3N4O5. The maximum atomic E-state index is 13.9. The van der Waals surface area contributed by atoms with Gasteiger partial charge in [0.05, 0.1) is 0 Å². The third-order valence-corrected chi connectivity index (χ3v) is 5.32. The number of halogens is 3. The molecule has 2 amide bonds. The molecule has 3 heterocycles. The van der Waals surface area contributed by atoms with Gasteiger partial charge in [-0.25, -0.2) is 18.2 Å². The molecule has 1 aliphatic heterocycles. The molecule has 1 aliphatic rings. The van der Waals surface area contributed by atoms with Crippen molar-refractivity contribution in [3.63, 3.8) is 0 Å². The van der Waals surface area contributed by atoms with Gasteiger partial charge in [0.25, 0.3) is 11.5 Å². The number of amides is 2. The van der Waals surface area contributed by atoms with Gasteiger partial charge >= 0.3 is 0 Å². The van der Waals surface area contributed by atoms with Crippen LogP contribution in [-0.4, -0.2) is 28.5 Å². The molecule has 0 aliphatic carbocycles. The Kier molecular flexibility index (Phi) is 13.6. The zero-order chi connectivity index (χ0) is 32.6. The average Bonchev–Trinajstić information content (AvgIpc) is 3.02. The van der Waals surface area contributed by atoms with Gasteiger partial charge in [0.15, 0.2) is 29.7 Å². The number of benzene rings is 2. The first kappa shape index (κ1) is 34.6. The van der Waals surface area contributed by atoms with Gasteiger partial charge in [-0.1, -0.05) is 33.1 Å². The van der Waals surface area contributed by atoms with Gasteiger partial charge < -0.3 is 20.1 Å². The molecule has 0 spiro atoms. The lowest BCUT2D eigenvalue weighted by Gasteiger charge is -2.19. The first-order valence-electron chi connectivity index (χ1n) is 13.1. The molecule has 0 atom stereocenters. The number of aromatic nitrogens is 2. The van der Waals surface area contributed by atoms with Crippen LogP contribution in [0.2, 0.25) is 0 Å². The van der Waals surface area contributed by atoms with Crippen LogP contribution in [0.4, 0.5) is 24.7 Å². The third kappa shape index (κ3) is 10.0. The summed E-state index contributed by atoms with van der Waals surface area (Å²) >= 11 is 0. The van der Waals surface area contributed by atoms with Crippen LogP contribution in [0.25, 0.3) is 5.69 Å². The zero-order valence-electron chi connectivity index (χ0n) is 24.3. The molecule has 5 rings (SSSR count). The van der Waals surface area contributed by atoms with Gasteiger partial charge in [-0.3, -0.25) is 19.0 Å². The molecule has 2 N–H and O–H groups in total. The lowest BCUT2D eigenvalue weighted by Crippen LogP contribution is -2.26. The number of allylic oxidation sites excluding steroid dienone is 2. The van der Waals surface area contributed by atoms with Crippen molar-refractivity contribution in [2.75, 3.05) is 17.2 Å². The molecule has 9 nitrogen and oxygen atoms in total. The van der Waals surface area contributed by atoms with Crippen LogP contribution < -0.4 is 25.7 Å². The summed E-state index contributed by atoms with van der Waals surface area (Å²) in [6, 6.07) is 14.9. The van der Waals surface area contributed by atoms with Crippen LogP contribution in [0.5, 0.6) is 17.2 Å². The number of hydrogen-bond donors (Lipinski definition) is 2. The monoisotopic (exact) mass is 608 g/mol. The van der Waals surface area contributed by atoms with Gasteiger partial charge in [0.2, 0.25) is 12.2 Å². The molecule has 4 aromatic rings. The first-order chi connectivity index (χ1) is 21.1. The van der Waals surface area contributed by atoms with E-state index >= 15 is 0 Å². The Balaban J connectivity index is 0.000000265. The number of nitrogens with one attached hydrogen (secondary N) is 2. The Morgan fingerprint density at radius 1 is 1.09 bits per heavy atom. The van der Waals surface area contributed by atoms with Crippen molar-refractivity contribution in [1.29, 1.82) is 0 Å². The van der Waals surface area contributed by atoms with Gasteiger partial charge in [0.1, 0.15) is 11.6 Å². The van der Waals surface area contributed by atoms with Gasteiger partial charge in [-0.05, 0) is 55.5 Å². The number of pyridine rings is 2. The van der Waals surface area contributed by atoms with Crippen molar-refractivity contribution in [2.45, 2.75) is 20.8 Å². The van der Waals surface area contributed by atoms with Crippen molar-refractivity contribution in [2.24, 2.45) is 0 Å². The van der Waals surface area contributed by atoms with Crippen molar-refractivity contribution >= 4 is 23.8 Å². The SMILES string of the molecule is C=CC(=C)F.CC.Cc1cccn(-c2ccc(F)cc2)c1=O.O=CNc1ccc(Oc2ccnc3c2OCC(=O)N3)c(F)c1. The lowest BCUT2D eigenvalue weighted by atomic mass is 10.2. The predicted molar refractivity (Wildman–Crippen MR) is 163 cm³/mol. The second-order valence-electron chi connectivity index (χ2n) is 8.33. The van der Waals surface area contributed by atoms with Gasteiger partial charge in [0, 0.05) is 41.5 Å². The largest absolute Gasteiger partial charge is 0.476 e. The minimum absolute atomic E-state index is 0.0506. The van der Waals surface area contributed by atoms with Crippen molar-refractivity contribution < 1.29 is 32.2 Å². The van der Waals surface area contributed by atoms with Crippen LogP contribution in [0, 0.1) is 18.6 Å². The summed E-state index contributed by atoms with van der Waals surface area (Å²) in [6.07, 6.45) is 4.58. The Morgan fingerprint density at radius 2 is 1.77 bits per heavy atom. The summed E-state index contributed by atoms with van der Waals surface area (Å²) in [5.41, 5.74) is 1.57. The van der Waals surface area contributed by atoms with Crippen molar-refractivity contribution in [1.82, 2.24) is 9.55 Å². The number of carbonyl (C=O) groups is 2. The zero-order valence-corrected chi connectivity index (χ0v) is 24.3. The average molecular weight is 609 g/mol. The number of hydrogen-bond acceptors (Lipinski definition) is 6. The maximum absolute atomic E-state index is 13.9. The molecule has 0 bridgehead atoms. The van der Waals surface area contributed by atoms with E-state index in [2.05, 4.69) is 28.8 Å². The molecule has 0 saturated carbocycles. The summed E-state index contributed by atoms with van der Waals surface area (Å²) in [4.78, 5) is 37.2. The van der Waals surface area contributed by atoms with E-state index in [0.717, 1.165) is 12.1 Å². The minimum atomic E-state index is -0.655. The highest BCUT2D eigenvalue weighted by molar-refractivity contribution is 5.94. The lowest BCUT2D eigenvalue weighted by molar-refractivity contribution is -0.118. The van der Waals surface area contributed by atoms with E-state index in [1.807, 2.05) is 13.8 Å². The fourth-order valence-electron chi connectivity index (χ4n) is 3.31. The number of aryl methyl sites for hydroxylation is 1. The standard InChI is InChI=1S/C14H10FN3O4.C12H10FNO.C4H5F.C2H6/c15-9-5-8(17-7-19)1-2-10(9)22-11-3-4-16-14-13(11)21-6-12(20)18-14;1-9-3-2-8-14(12(9)15)11-6-4-10(13)5-7-11;1-3-4(2)5;1-2/h1-5,7H,6H2,(H,17,19)(H,16,18,20);2-8H,1H3;3H,1-2H2;1-2H3. The molecule has 0 fully saturated rings. The molecule has 12 heteroatoms. The third-order valence-electron chi connectivity index (χ3n) is 5.32. The second kappa shape index (κ2) is 17.3. The van der Waals surface area contributed by atoms with E-state index in [9.17, 15) is 27.6 Å². The van der Waals surface area contributed by atoms with Crippen LogP contribution in [0.3, 0.4) is 0 Å². The molecular weight excluding hydrogens is 577 g/mol. The van der Waals surface area contributed by atoms with E-state index in [0.29, 0.717) is 23.3 Å². The number of rotatable bonds is 6. The summed E-state index contributed by atoms with van der Waals surface area (Å²) < 4.78 is 50.0. The first-order valence-corrected chi connectivity index (χ1v) is 13.1. The number of fused-ring (bicyclic) bond motifs is 1. The molecule has 2 aromatic heterocycles. The minimum Gasteiger partial charge on any atom is -0.476 e. The number of nitrogens with zero attached hydrogens (tertiary/aromatic N) is 2. The van der Waals surface area contributed by atoms with E-state index < -0.39 is 11.6 Å². The van der Waals surface area contributed by atoms with Crippen molar-refractivity contribution in [3.05, 3.63) is 126 Å². The second-order valence-corrected chi connectivity index (χ2v) is 8.33. The molecule has 0 saturated heterocycles. The maximum Gasteiger partial charge on any atom is 0.263 e. The summed E-state index contributed by atoms with van der Waals surface area (Å²) in [5, 5.41) is 4.86. The van der Waals surface area contributed by atoms with Gasteiger partial charge in [-0.15, -0.1) is 0 Å². The Bertz CT molecular complexity index is 1660. The molecule has 44 heavy (non-hydrogen) atoms. The number of ether oxygens (including phenoxy) is 2. The Labute approximate surface area is 252 Å². The van der Waals surface area contributed by atoms with E-state index in [1.54, 1.807) is 37.4 Å². The quantitative estimate of drug-likeness (QED) is 0.182. The van der Waals surface area contributed by atoms with Crippen LogP contribution in [-0.2, 0) is 9.59 Å². The Hall–Kier alpha value is -5.65. The highest BCUT2D eigenvalue weighted by Crippen LogP contribution is 2.38. The molecule has 230 valence electrons. The van der Waals surface area contributed by atoms with Crippen molar-refractivity contribution in [3.8, 4) is 22.9 Å². The summed E-state index contributed by atoms with van der Waals surface area (Å²) in [7, 11) is 0. The smallest absolute Gasteiger partial charge is 0.263 e. The summed E-state index contributed by atoms with van der Waals surface area (Å²) in [6.45, 7) is 11.6. The van der Waals surface area contributed by atoms with E-state index in [1.165, 1.54) is 41.1 Å². The highest BCUT2D eigenvalue weighted by atomic mass is 19.1. The van der Waals surface area contributed by atoms with E-state index in [-0.39, 0.29) is 47.0 Å². The normalized spacial score (nSPS) is 10.7. The molecule has 2 aromatic carbocycles. The highest BCUT2D eigenvalue weighted by Gasteiger charge is 2.22. The molecule has 0 radical (unpaired) electrons. The fourth-order valence-corrected chi connectivity index (χ4v) is 3.31. The topological polar surface area (TPSA) is 112 Å². The van der Waals surface area contributed by atoms with Gasteiger partial charge in [-0.2, -0.15) is 0 Å². The Morgan fingerprint density at radius 3 is 2.39 bits per heavy atom. The fraction of sp³-hybridized carbons (Fsp3) is 0.125. The number of carbonyl (C=O) groups excluding carboxylic acids is 2. The predicted octanol–water partition coefficient (Wildman–Crippen LogP) is 6.88. The van der Waals surface area contributed by atoms with Crippen LogP contribution in [0.1, 0.15) is 19.4 Å². The van der Waals surface area contributed by atoms with E-state index in [4.69, 9.17) is 9.47 Å². The number of anilines is 2. The summed E-state index contributed by atoms with van der Waals surface area (Å²) in [5.74, 6) is -1.15. The molecule has 0 unspecified atom stereocenters. The van der Waals surface area contributed by atoms with Crippen LogP contribution >= 0.6 is 0 Å². The van der Waals surface area contributed by atoms with Crippen LogP contribution in [0.15, 0.2) is 103 Å².